The first-order chi connectivity index (χ1) is 11.7. The minimum atomic E-state index is -0.171. The lowest BCUT2D eigenvalue weighted by molar-refractivity contribution is -0.112. The molecule has 140 valence electrons. The van der Waals surface area contributed by atoms with Gasteiger partial charge in [0.2, 0.25) is 5.24 Å². The lowest BCUT2D eigenvalue weighted by atomic mass is 9.88. The topological polar surface area (TPSA) is 26.3 Å². The van der Waals surface area contributed by atoms with Gasteiger partial charge in [0.25, 0.3) is 0 Å². The number of carbonyl (C=O) groups excluding carboxylic acids is 1. The van der Waals surface area contributed by atoms with Crippen molar-refractivity contribution in [3.63, 3.8) is 0 Å². The van der Waals surface area contributed by atoms with Crippen molar-refractivity contribution in [2.45, 2.75) is 109 Å². The molecule has 24 heavy (non-hydrogen) atoms. The van der Waals surface area contributed by atoms with Crippen LogP contribution < -0.4 is 0 Å². The van der Waals surface area contributed by atoms with Gasteiger partial charge < -0.3 is 4.74 Å². The monoisotopic (exact) mass is 356 g/mol. The SMILES string of the molecule is O=C(Cl)CC1CCCCCCCC(OCC2CCCCCCC2)C1. The second-order valence-corrected chi connectivity index (χ2v) is 8.59. The Bertz CT molecular complexity index is 337. The van der Waals surface area contributed by atoms with Crippen molar-refractivity contribution in [2.24, 2.45) is 11.8 Å². The third kappa shape index (κ3) is 8.85. The van der Waals surface area contributed by atoms with Crippen molar-refractivity contribution in [3.8, 4) is 0 Å². The number of halogens is 1. The Morgan fingerprint density at radius 1 is 0.750 bits per heavy atom. The fourth-order valence-corrected chi connectivity index (χ4v) is 4.70. The first-order valence-electron chi connectivity index (χ1n) is 10.5. The van der Waals surface area contributed by atoms with Crippen molar-refractivity contribution in [2.75, 3.05) is 6.61 Å². The average Bonchev–Trinajstić information content (AvgIpc) is 2.52. The fraction of sp³-hybridized carbons (Fsp3) is 0.952. The summed E-state index contributed by atoms with van der Waals surface area (Å²) >= 11 is 5.68. The van der Waals surface area contributed by atoms with Gasteiger partial charge in [-0.3, -0.25) is 4.79 Å². The van der Waals surface area contributed by atoms with Crippen LogP contribution in [0.2, 0.25) is 0 Å². The highest BCUT2D eigenvalue weighted by atomic mass is 35.5. The van der Waals surface area contributed by atoms with Crippen LogP contribution in [0.3, 0.4) is 0 Å². The molecule has 2 fully saturated rings. The zero-order chi connectivity index (χ0) is 17.0. The van der Waals surface area contributed by atoms with E-state index in [1.165, 1.54) is 83.5 Å². The lowest BCUT2D eigenvalue weighted by Gasteiger charge is -2.27. The molecule has 2 aliphatic rings. The van der Waals surface area contributed by atoms with Gasteiger partial charge in [0.15, 0.2) is 0 Å². The molecule has 0 spiro atoms. The molecule has 2 unspecified atom stereocenters. The summed E-state index contributed by atoms with van der Waals surface area (Å²) < 4.78 is 6.41. The van der Waals surface area contributed by atoms with E-state index in [4.69, 9.17) is 16.3 Å². The molecule has 0 radical (unpaired) electrons. The summed E-state index contributed by atoms with van der Waals surface area (Å²) in [6, 6.07) is 0. The van der Waals surface area contributed by atoms with Gasteiger partial charge in [-0.15, -0.1) is 0 Å². The van der Waals surface area contributed by atoms with Crippen molar-refractivity contribution < 1.29 is 9.53 Å². The third-order valence-electron chi connectivity index (χ3n) is 5.98. The van der Waals surface area contributed by atoms with Gasteiger partial charge in [-0.1, -0.05) is 64.2 Å². The average molecular weight is 357 g/mol. The van der Waals surface area contributed by atoms with E-state index in [-0.39, 0.29) is 5.24 Å². The summed E-state index contributed by atoms with van der Waals surface area (Å²) in [7, 11) is 0. The minimum absolute atomic E-state index is 0.171. The van der Waals surface area contributed by atoms with Crippen molar-refractivity contribution in [1.82, 2.24) is 0 Å². The zero-order valence-corrected chi connectivity index (χ0v) is 16.2. The minimum Gasteiger partial charge on any atom is -0.378 e. The van der Waals surface area contributed by atoms with E-state index in [0.29, 0.717) is 18.4 Å². The van der Waals surface area contributed by atoms with Crippen LogP contribution in [-0.2, 0) is 9.53 Å². The summed E-state index contributed by atoms with van der Waals surface area (Å²) in [5.74, 6) is 1.18. The molecule has 0 aromatic heterocycles. The second kappa shape index (κ2) is 12.3. The van der Waals surface area contributed by atoms with E-state index in [9.17, 15) is 4.79 Å². The summed E-state index contributed by atoms with van der Waals surface area (Å²) in [5.41, 5.74) is 0. The van der Waals surface area contributed by atoms with Crippen LogP contribution in [-0.4, -0.2) is 18.0 Å². The molecule has 0 aliphatic heterocycles. The van der Waals surface area contributed by atoms with Crippen molar-refractivity contribution >= 4 is 16.8 Å². The predicted molar refractivity (Wildman–Crippen MR) is 101 cm³/mol. The number of ether oxygens (including phenoxy) is 1. The Hall–Kier alpha value is -0.0800. The van der Waals surface area contributed by atoms with Crippen LogP contribution in [0.5, 0.6) is 0 Å². The molecule has 2 atom stereocenters. The van der Waals surface area contributed by atoms with Gasteiger partial charge in [-0.25, -0.2) is 0 Å². The molecule has 0 amide bonds. The van der Waals surface area contributed by atoms with E-state index in [1.54, 1.807) is 0 Å². The van der Waals surface area contributed by atoms with Crippen LogP contribution in [0, 0.1) is 11.8 Å². The Morgan fingerprint density at radius 3 is 1.83 bits per heavy atom. The molecule has 0 aromatic carbocycles. The van der Waals surface area contributed by atoms with E-state index < -0.39 is 0 Å². The Balaban J connectivity index is 1.81. The lowest BCUT2D eigenvalue weighted by Crippen LogP contribution is -2.23. The predicted octanol–water partition coefficient (Wildman–Crippen LogP) is 6.64. The number of rotatable bonds is 5. The molecule has 0 aromatic rings. The van der Waals surface area contributed by atoms with E-state index in [1.807, 2.05) is 0 Å². The molecule has 0 saturated heterocycles. The highest BCUT2D eigenvalue weighted by molar-refractivity contribution is 6.63. The van der Waals surface area contributed by atoms with Gasteiger partial charge in [0.1, 0.15) is 0 Å². The third-order valence-corrected chi connectivity index (χ3v) is 6.13. The van der Waals surface area contributed by atoms with Crippen LogP contribution in [0.25, 0.3) is 0 Å². The van der Waals surface area contributed by atoms with Crippen LogP contribution >= 0.6 is 11.6 Å². The maximum atomic E-state index is 11.4. The van der Waals surface area contributed by atoms with E-state index in [2.05, 4.69) is 0 Å². The van der Waals surface area contributed by atoms with Crippen LogP contribution in [0.4, 0.5) is 0 Å². The Labute approximate surface area is 154 Å². The number of carbonyl (C=O) groups is 1. The molecule has 2 nitrogen and oxygen atoms in total. The van der Waals surface area contributed by atoms with Crippen LogP contribution in [0.1, 0.15) is 103 Å². The maximum Gasteiger partial charge on any atom is 0.221 e. The fourth-order valence-electron chi connectivity index (χ4n) is 4.49. The number of hydrogen-bond donors (Lipinski definition) is 0. The van der Waals surface area contributed by atoms with Crippen LogP contribution in [0.15, 0.2) is 0 Å². The quantitative estimate of drug-likeness (QED) is 0.516. The smallest absolute Gasteiger partial charge is 0.221 e. The first kappa shape index (κ1) is 20.2. The summed E-state index contributed by atoms with van der Waals surface area (Å²) in [5, 5.41) is -0.171. The van der Waals surface area contributed by atoms with Crippen molar-refractivity contribution in [3.05, 3.63) is 0 Å². The summed E-state index contributed by atoms with van der Waals surface area (Å²) in [6.07, 6.45) is 20.4. The van der Waals surface area contributed by atoms with E-state index in [0.717, 1.165) is 25.4 Å². The van der Waals surface area contributed by atoms with Crippen molar-refractivity contribution in [1.29, 1.82) is 0 Å². The first-order valence-corrected chi connectivity index (χ1v) is 10.9. The van der Waals surface area contributed by atoms with E-state index >= 15 is 0 Å². The highest BCUT2D eigenvalue weighted by Gasteiger charge is 2.21. The summed E-state index contributed by atoms with van der Waals surface area (Å²) in [6.45, 7) is 0.937. The largest absolute Gasteiger partial charge is 0.378 e. The molecule has 0 N–H and O–H groups in total. The van der Waals surface area contributed by atoms with Gasteiger partial charge in [-0.2, -0.15) is 0 Å². The summed E-state index contributed by atoms with van der Waals surface area (Å²) in [4.78, 5) is 11.4. The molecule has 2 saturated carbocycles. The van der Waals surface area contributed by atoms with Gasteiger partial charge in [-0.05, 0) is 55.5 Å². The zero-order valence-electron chi connectivity index (χ0n) is 15.4. The maximum absolute atomic E-state index is 11.4. The Morgan fingerprint density at radius 2 is 1.25 bits per heavy atom. The molecule has 0 heterocycles. The van der Waals surface area contributed by atoms with Gasteiger partial charge in [0.05, 0.1) is 6.10 Å². The molecule has 0 bridgehead atoms. The van der Waals surface area contributed by atoms with Gasteiger partial charge in [0, 0.05) is 13.0 Å². The highest BCUT2D eigenvalue weighted by Crippen LogP contribution is 2.28. The molecule has 3 heteroatoms. The Kier molecular flexibility index (Phi) is 10.4. The molecule has 2 aliphatic carbocycles. The molecule has 2 rings (SSSR count). The number of hydrogen-bond acceptors (Lipinski definition) is 2. The standard InChI is InChI=1S/C21H37ClO2/c22-21(23)16-19-13-9-5-2-6-10-14-20(15-19)24-17-18-11-7-3-1-4-8-12-18/h18-20H,1-17H2. The molecular formula is C21H37ClO2. The molecular weight excluding hydrogens is 320 g/mol. The normalized spacial score (nSPS) is 28.7. The van der Waals surface area contributed by atoms with Gasteiger partial charge >= 0.3 is 0 Å². The second-order valence-electron chi connectivity index (χ2n) is 8.17.